The number of aliphatic hydroxyl groups excluding tert-OH is 1. The number of hydrogen-bond donors (Lipinski definition) is 1. The van der Waals surface area contributed by atoms with Gasteiger partial charge < -0.3 is 14.6 Å². The molecule has 3 fully saturated rings. The summed E-state index contributed by atoms with van der Waals surface area (Å²) < 4.78 is 11.8. The third-order valence-corrected chi connectivity index (χ3v) is 7.81. The molecule has 0 aromatic heterocycles. The van der Waals surface area contributed by atoms with Crippen LogP contribution >= 0.6 is 0 Å². The van der Waals surface area contributed by atoms with Crippen molar-refractivity contribution >= 4 is 5.97 Å². The number of carbonyl (C=O) groups is 1. The van der Waals surface area contributed by atoms with E-state index in [2.05, 4.69) is 27.7 Å². The highest BCUT2D eigenvalue weighted by Crippen LogP contribution is 2.65. The molecule has 5 atom stereocenters. The molecule has 0 bridgehead atoms. The lowest BCUT2D eigenvalue weighted by molar-refractivity contribution is -0.153. The van der Waals surface area contributed by atoms with Gasteiger partial charge in [-0.2, -0.15) is 0 Å². The van der Waals surface area contributed by atoms with Gasteiger partial charge in [-0.15, -0.1) is 0 Å². The molecule has 0 radical (unpaired) electrons. The van der Waals surface area contributed by atoms with Crippen LogP contribution in [0.15, 0.2) is 11.6 Å². The summed E-state index contributed by atoms with van der Waals surface area (Å²) in [6.07, 6.45) is 8.89. The van der Waals surface area contributed by atoms with Gasteiger partial charge in [0.15, 0.2) is 0 Å². The van der Waals surface area contributed by atoms with Gasteiger partial charge in [0.2, 0.25) is 0 Å². The molecule has 0 aromatic rings. The molecule has 148 valence electrons. The fraction of sp³-hybridized carbons (Fsp3) is 0.864. The van der Waals surface area contributed by atoms with Gasteiger partial charge in [-0.1, -0.05) is 33.3 Å². The highest BCUT2D eigenvalue weighted by molar-refractivity contribution is 5.66. The fourth-order valence-corrected chi connectivity index (χ4v) is 6.67. The van der Waals surface area contributed by atoms with Crippen LogP contribution in [0.4, 0.5) is 0 Å². The number of esters is 1. The second-order valence-corrected chi connectivity index (χ2v) is 9.89. The third-order valence-electron chi connectivity index (χ3n) is 7.81. The Hall–Kier alpha value is -0.870. The topological polar surface area (TPSA) is 55.8 Å². The maximum Gasteiger partial charge on any atom is 0.302 e. The van der Waals surface area contributed by atoms with Crippen molar-refractivity contribution in [3.63, 3.8) is 0 Å². The van der Waals surface area contributed by atoms with Crippen molar-refractivity contribution in [3.05, 3.63) is 11.6 Å². The van der Waals surface area contributed by atoms with Crippen molar-refractivity contribution in [1.82, 2.24) is 0 Å². The van der Waals surface area contributed by atoms with Gasteiger partial charge in [0, 0.05) is 6.92 Å². The number of ether oxygens (including phenoxy) is 2. The quantitative estimate of drug-likeness (QED) is 0.598. The van der Waals surface area contributed by atoms with Crippen LogP contribution in [0.5, 0.6) is 0 Å². The predicted molar refractivity (Wildman–Crippen MR) is 102 cm³/mol. The molecule has 4 heteroatoms. The fourth-order valence-electron chi connectivity index (χ4n) is 6.67. The summed E-state index contributed by atoms with van der Waals surface area (Å²) in [6.45, 7) is 11.3. The molecule has 0 amide bonds. The lowest BCUT2D eigenvalue weighted by atomic mass is 9.45. The zero-order chi connectivity index (χ0) is 19.2. The average Bonchev–Trinajstić information content (AvgIpc) is 2.89. The first kappa shape index (κ1) is 19.9. The molecule has 3 rings (SSSR count). The minimum absolute atomic E-state index is 0.0508. The molecule has 26 heavy (non-hydrogen) atoms. The Balaban J connectivity index is 1.85. The van der Waals surface area contributed by atoms with Gasteiger partial charge in [-0.25, -0.2) is 0 Å². The van der Waals surface area contributed by atoms with E-state index in [9.17, 15) is 9.90 Å². The van der Waals surface area contributed by atoms with Crippen molar-refractivity contribution in [2.75, 3.05) is 13.2 Å². The van der Waals surface area contributed by atoms with E-state index < -0.39 is 0 Å². The van der Waals surface area contributed by atoms with E-state index in [1.165, 1.54) is 32.6 Å². The second kappa shape index (κ2) is 6.94. The minimum Gasteiger partial charge on any atom is -0.461 e. The molecular formula is C22H36O4. The molecule has 0 spiro atoms. The molecule has 1 heterocycles. The van der Waals surface area contributed by atoms with Crippen LogP contribution in [0.25, 0.3) is 0 Å². The van der Waals surface area contributed by atoms with E-state index in [1.807, 2.05) is 0 Å². The molecule has 5 unspecified atom stereocenters. The van der Waals surface area contributed by atoms with Crippen molar-refractivity contribution in [2.24, 2.45) is 22.7 Å². The second-order valence-electron chi connectivity index (χ2n) is 9.89. The Morgan fingerprint density at radius 1 is 1.19 bits per heavy atom. The maximum absolute atomic E-state index is 11.2. The predicted octanol–water partition coefficient (Wildman–Crippen LogP) is 4.26. The summed E-state index contributed by atoms with van der Waals surface area (Å²) in [7, 11) is 0. The Morgan fingerprint density at radius 2 is 1.92 bits per heavy atom. The summed E-state index contributed by atoms with van der Waals surface area (Å²) in [5.74, 6) is 0.956. The van der Waals surface area contributed by atoms with Gasteiger partial charge in [0.25, 0.3) is 0 Å². The molecule has 2 aliphatic carbocycles. The lowest BCUT2D eigenvalue weighted by Gasteiger charge is -2.60. The minimum atomic E-state index is -0.295. The van der Waals surface area contributed by atoms with Crippen molar-refractivity contribution in [2.45, 2.75) is 84.8 Å². The van der Waals surface area contributed by atoms with Crippen LogP contribution in [0.1, 0.15) is 73.1 Å². The number of carbonyl (C=O) groups excluding carboxylic acids is 1. The zero-order valence-electron chi connectivity index (χ0n) is 17.1. The molecule has 0 aromatic carbocycles. The Labute approximate surface area is 158 Å². The first-order valence-electron chi connectivity index (χ1n) is 10.2. The molecule has 1 aliphatic heterocycles. The monoisotopic (exact) mass is 364 g/mol. The first-order valence-corrected chi connectivity index (χ1v) is 10.2. The van der Waals surface area contributed by atoms with E-state index in [-0.39, 0.29) is 30.9 Å². The van der Waals surface area contributed by atoms with Crippen LogP contribution in [0.2, 0.25) is 0 Å². The van der Waals surface area contributed by atoms with E-state index in [0.717, 1.165) is 24.3 Å². The van der Waals surface area contributed by atoms with Crippen LogP contribution in [0.3, 0.4) is 0 Å². The standard InChI is InChI=1S/C22H36O4/c1-15(24)25-14-16(8-12-23)17-13-19-21(4)10-6-9-20(2,3)18(21)7-11-22(19,5)26-17/h8,17-19,23H,6-7,9-14H2,1-5H3. The first-order chi connectivity index (χ1) is 12.1. The van der Waals surface area contributed by atoms with Gasteiger partial charge in [-0.3, -0.25) is 4.79 Å². The third kappa shape index (κ3) is 3.35. The van der Waals surface area contributed by atoms with Crippen molar-refractivity contribution < 1.29 is 19.4 Å². The van der Waals surface area contributed by atoms with E-state index >= 15 is 0 Å². The summed E-state index contributed by atoms with van der Waals surface area (Å²) in [5.41, 5.74) is 1.49. The van der Waals surface area contributed by atoms with Gasteiger partial charge in [0.1, 0.15) is 6.61 Å². The largest absolute Gasteiger partial charge is 0.461 e. The van der Waals surface area contributed by atoms with E-state index in [1.54, 1.807) is 6.08 Å². The van der Waals surface area contributed by atoms with Gasteiger partial charge >= 0.3 is 5.97 Å². The Kier molecular flexibility index (Phi) is 5.31. The summed E-state index contributed by atoms with van der Waals surface area (Å²) in [6, 6.07) is 0. The molecule has 1 saturated heterocycles. The average molecular weight is 365 g/mol. The molecule has 2 saturated carbocycles. The highest BCUT2D eigenvalue weighted by atomic mass is 16.5. The van der Waals surface area contributed by atoms with Crippen LogP contribution in [-0.2, 0) is 14.3 Å². The molecule has 3 aliphatic rings. The number of fused-ring (bicyclic) bond motifs is 3. The van der Waals surface area contributed by atoms with Gasteiger partial charge in [-0.05, 0) is 67.3 Å². The molecular weight excluding hydrogens is 328 g/mol. The molecule has 1 N–H and O–H groups in total. The van der Waals surface area contributed by atoms with Crippen molar-refractivity contribution in [3.8, 4) is 0 Å². The highest BCUT2D eigenvalue weighted by Gasteiger charge is 2.62. The normalized spacial score (nSPS) is 42.1. The number of rotatable bonds is 4. The van der Waals surface area contributed by atoms with Crippen molar-refractivity contribution in [1.29, 1.82) is 0 Å². The smallest absolute Gasteiger partial charge is 0.302 e. The summed E-state index contributed by atoms with van der Waals surface area (Å²) in [4.78, 5) is 11.2. The Bertz CT molecular complexity index is 581. The van der Waals surface area contributed by atoms with E-state index in [4.69, 9.17) is 9.47 Å². The SMILES string of the molecule is CC(=O)OCC(=CCO)C1CC2C(C)(CCC3C(C)(C)CCCC32C)O1. The maximum atomic E-state index is 11.2. The lowest BCUT2D eigenvalue weighted by Crippen LogP contribution is -2.55. The van der Waals surface area contributed by atoms with Crippen LogP contribution < -0.4 is 0 Å². The van der Waals surface area contributed by atoms with Crippen LogP contribution in [-0.4, -0.2) is 36.0 Å². The summed E-state index contributed by atoms with van der Waals surface area (Å²) in [5, 5.41) is 9.42. The zero-order valence-corrected chi connectivity index (χ0v) is 17.1. The Morgan fingerprint density at radius 3 is 2.58 bits per heavy atom. The number of aliphatic hydroxyl groups is 1. The van der Waals surface area contributed by atoms with E-state index in [0.29, 0.717) is 16.7 Å². The van der Waals surface area contributed by atoms with Crippen LogP contribution in [0, 0.1) is 22.7 Å². The van der Waals surface area contributed by atoms with Gasteiger partial charge in [0.05, 0.1) is 18.3 Å². The molecule has 4 nitrogen and oxygen atoms in total. The summed E-state index contributed by atoms with van der Waals surface area (Å²) >= 11 is 0. The number of hydrogen-bond acceptors (Lipinski definition) is 4.